The second kappa shape index (κ2) is 6.58. The zero-order valence-electron chi connectivity index (χ0n) is 10.8. The Morgan fingerprint density at radius 2 is 2.16 bits per heavy atom. The van der Waals surface area contributed by atoms with Gasteiger partial charge in [0, 0.05) is 8.95 Å². The van der Waals surface area contributed by atoms with Gasteiger partial charge in [-0.1, -0.05) is 22.9 Å². The highest BCUT2D eigenvalue weighted by Gasteiger charge is 2.16. The van der Waals surface area contributed by atoms with Crippen molar-refractivity contribution < 1.29 is 0 Å². The maximum Gasteiger partial charge on any atom is 0.173 e. The van der Waals surface area contributed by atoms with Gasteiger partial charge in [-0.3, -0.25) is 0 Å². The normalized spacial score (nSPS) is 12.6. The number of nitrogens with zero attached hydrogens (tertiary/aromatic N) is 4. The summed E-state index contributed by atoms with van der Waals surface area (Å²) in [6.07, 6.45) is 1.08. The van der Waals surface area contributed by atoms with Gasteiger partial charge in [0.2, 0.25) is 0 Å². The van der Waals surface area contributed by atoms with E-state index < -0.39 is 0 Å². The Hall–Kier alpha value is -0.790. The molecule has 1 aromatic heterocycles. The Morgan fingerprint density at radius 3 is 2.84 bits per heavy atom. The van der Waals surface area contributed by atoms with Crippen molar-refractivity contribution in [2.75, 3.05) is 6.54 Å². The minimum Gasteiger partial charge on any atom is -0.307 e. The first-order chi connectivity index (χ1) is 9.13. The number of hydrogen-bond donors (Lipinski definition) is 1. The van der Waals surface area contributed by atoms with E-state index in [0.717, 1.165) is 33.4 Å². The molecule has 0 saturated carbocycles. The number of tetrazole rings is 1. The number of benzene rings is 1. The molecule has 1 unspecified atom stereocenters. The molecule has 1 heterocycles. The topological polar surface area (TPSA) is 55.6 Å². The van der Waals surface area contributed by atoms with E-state index in [0.29, 0.717) is 0 Å². The van der Waals surface area contributed by atoms with Crippen molar-refractivity contribution in [2.45, 2.75) is 26.3 Å². The van der Waals surface area contributed by atoms with Gasteiger partial charge >= 0.3 is 0 Å². The summed E-state index contributed by atoms with van der Waals surface area (Å²) in [4.78, 5) is 0. The third-order valence-electron chi connectivity index (χ3n) is 2.72. The molecule has 102 valence electrons. The van der Waals surface area contributed by atoms with Gasteiger partial charge in [0.15, 0.2) is 5.82 Å². The molecule has 0 radical (unpaired) electrons. The number of hydrogen-bond acceptors (Lipinski definition) is 4. The predicted molar refractivity (Wildman–Crippen MR) is 81.3 cm³/mol. The number of aromatic nitrogens is 4. The van der Waals surface area contributed by atoms with Gasteiger partial charge in [-0.15, -0.1) is 5.10 Å². The van der Waals surface area contributed by atoms with Crippen LogP contribution in [0.2, 0.25) is 0 Å². The number of halogens is 2. The van der Waals surface area contributed by atoms with Gasteiger partial charge in [-0.2, -0.15) is 4.68 Å². The van der Waals surface area contributed by atoms with Crippen molar-refractivity contribution in [3.8, 4) is 5.69 Å². The van der Waals surface area contributed by atoms with Crippen molar-refractivity contribution in [3.63, 3.8) is 0 Å². The van der Waals surface area contributed by atoms with Crippen LogP contribution in [-0.2, 0) is 0 Å². The van der Waals surface area contributed by atoms with Gasteiger partial charge in [0.05, 0.1) is 11.7 Å². The number of rotatable bonds is 5. The lowest BCUT2D eigenvalue weighted by molar-refractivity contribution is 0.531. The summed E-state index contributed by atoms with van der Waals surface area (Å²) in [6.45, 7) is 5.13. The van der Waals surface area contributed by atoms with Crippen LogP contribution in [0.25, 0.3) is 5.69 Å². The molecule has 0 saturated heterocycles. The van der Waals surface area contributed by atoms with Crippen LogP contribution >= 0.6 is 31.9 Å². The Balaban J connectivity index is 2.33. The molecule has 0 aliphatic carbocycles. The molecule has 0 aliphatic rings. The highest BCUT2D eigenvalue weighted by Crippen LogP contribution is 2.26. The first-order valence-electron chi connectivity index (χ1n) is 6.10. The zero-order valence-corrected chi connectivity index (χ0v) is 13.9. The van der Waals surface area contributed by atoms with Gasteiger partial charge in [0.1, 0.15) is 0 Å². The van der Waals surface area contributed by atoms with Gasteiger partial charge < -0.3 is 5.32 Å². The fourth-order valence-corrected chi connectivity index (χ4v) is 2.96. The molecule has 0 bridgehead atoms. The molecule has 1 N–H and O–H groups in total. The molecule has 19 heavy (non-hydrogen) atoms. The molecule has 7 heteroatoms. The Labute approximate surface area is 129 Å². The Bertz CT molecular complexity index is 555. The summed E-state index contributed by atoms with van der Waals surface area (Å²) >= 11 is 6.98. The van der Waals surface area contributed by atoms with E-state index in [1.165, 1.54) is 0 Å². The fraction of sp³-hybridized carbons (Fsp3) is 0.417. The maximum atomic E-state index is 4.12. The van der Waals surface area contributed by atoms with Gasteiger partial charge in [-0.25, -0.2) is 0 Å². The van der Waals surface area contributed by atoms with Crippen LogP contribution in [0.1, 0.15) is 32.1 Å². The summed E-state index contributed by atoms with van der Waals surface area (Å²) < 4.78 is 3.71. The number of nitrogens with one attached hydrogen (secondary N) is 1. The third kappa shape index (κ3) is 3.40. The van der Waals surface area contributed by atoms with E-state index in [9.17, 15) is 0 Å². The van der Waals surface area contributed by atoms with E-state index in [1.54, 1.807) is 4.68 Å². The molecule has 0 fully saturated rings. The summed E-state index contributed by atoms with van der Waals surface area (Å²) in [7, 11) is 0. The van der Waals surface area contributed by atoms with E-state index in [4.69, 9.17) is 0 Å². The minimum atomic E-state index is 0.102. The van der Waals surface area contributed by atoms with Crippen molar-refractivity contribution in [2.24, 2.45) is 0 Å². The molecule has 1 atom stereocenters. The van der Waals surface area contributed by atoms with Crippen molar-refractivity contribution in [1.82, 2.24) is 25.5 Å². The van der Waals surface area contributed by atoms with E-state index in [1.807, 2.05) is 18.2 Å². The lowest BCUT2D eigenvalue weighted by Crippen LogP contribution is -2.22. The van der Waals surface area contributed by atoms with Gasteiger partial charge in [-0.05, 0) is 64.4 Å². The zero-order chi connectivity index (χ0) is 13.8. The monoisotopic (exact) mass is 387 g/mol. The molecular weight excluding hydrogens is 374 g/mol. The molecular formula is C12H15Br2N5. The molecule has 0 amide bonds. The SMILES string of the molecule is CCCNC(C)c1nnnn1-c1ccc(Br)cc1Br. The lowest BCUT2D eigenvalue weighted by Gasteiger charge is -2.13. The second-order valence-corrected chi connectivity index (χ2v) is 5.99. The summed E-state index contributed by atoms with van der Waals surface area (Å²) in [5.74, 6) is 0.802. The standard InChI is InChI=1S/C12H15Br2N5/c1-3-6-15-8(2)12-16-17-18-19(12)11-5-4-9(13)7-10(11)14/h4-5,7-8,15H,3,6H2,1-2H3. The highest BCUT2D eigenvalue weighted by atomic mass is 79.9. The summed E-state index contributed by atoms with van der Waals surface area (Å²) in [5.41, 5.74) is 0.924. The fourth-order valence-electron chi connectivity index (χ4n) is 1.74. The van der Waals surface area contributed by atoms with Crippen LogP contribution in [-0.4, -0.2) is 26.8 Å². The predicted octanol–water partition coefficient (Wildman–Crippen LogP) is 3.25. The van der Waals surface area contributed by atoms with Gasteiger partial charge in [0.25, 0.3) is 0 Å². The second-order valence-electron chi connectivity index (χ2n) is 4.22. The van der Waals surface area contributed by atoms with Crippen LogP contribution in [0.3, 0.4) is 0 Å². The average Bonchev–Trinajstić information content (AvgIpc) is 2.85. The quantitative estimate of drug-likeness (QED) is 0.854. The highest BCUT2D eigenvalue weighted by molar-refractivity contribution is 9.11. The van der Waals surface area contributed by atoms with Crippen molar-refractivity contribution in [3.05, 3.63) is 33.0 Å². The van der Waals surface area contributed by atoms with E-state index in [2.05, 4.69) is 66.5 Å². The minimum absolute atomic E-state index is 0.102. The van der Waals surface area contributed by atoms with Crippen molar-refractivity contribution in [1.29, 1.82) is 0 Å². The van der Waals surface area contributed by atoms with Crippen LogP contribution in [0.15, 0.2) is 27.1 Å². The molecule has 2 rings (SSSR count). The first kappa shape index (κ1) is 14.6. The Kier molecular flexibility index (Phi) is 5.06. The van der Waals surface area contributed by atoms with Crippen LogP contribution < -0.4 is 5.32 Å². The van der Waals surface area contributed by atoms with Crippen LogP contribution in [0.5, 0.6) is 0 Å². The third-order valence-corrected chi connectivity index (χ3v) is 3.85. The first-order valence-corrected chi connectivity index (χ1v) is 7.69. The summed E-state index contributed by atoms with van der Waals surface area (Å²) in [6, 6.07) is 6.02. The average molecular weight is 389 g/mol. The van der Waals surface area contributed by atoms with E-state index >= 15 is 0 Å². The lowest BCUT2D eigenvalue weighted by atomic mass is 10.2. The van der Waals surface area contributed by atoms with E-state index in [-0.39, 0.29) is 6.04 Å². The Morgan fingerprint density at radius 1 is 1.37 bits per heavy atom. The smallest absolute Gasteiger partial charge is 0.173 e. The van der Waals surface area contributed by atoms with Crippen LogP contribution in [0.4, 0.5) is 0 Å². The van der Waals surface area contributed by atoms with Crippen molar-refractivity contribution >= 4 is 31.9 Å². The van der Waals surface area contributed by atoms with Crippen LogP contribution in [0, 0.1) is 0 Å². The largest absolute Gasteiger partial charge is 0.307 e. The molecule has 1 aromatic carbocycles. The molecule has 5 nitrogen and oxygen atoms in total. The summed E-state index contributed by atoms with van der Waals surface area (Å²) in [5, 5.41) is 15.4. The molecule has 0 spiro atoms. The maximum absolute atomic E-state index is 4.12. The molecule has 2 aromatic rings. The molecule has 0 aliphatic heterocycles.